The zero-order valence-corrected chi connectivity index (χ0v) is 20.0. The molecule has 0 heterocycles. The molecule has 0 saturated heterocycles. The molecule has 0 aliphatic rings. The van der Waals surface area contributed by atoms with Crippen LogP contribution in [0, 0.1) is 27.7 Å². The zero-order valence-electron chi connectivity index (χ0n) is 15.1. The summed E-state index contributed by atoms with van der Waals surface area (Å²) in [5.41, 5.74) is 4.71. The number of aryl methyl sites for hydroxylation is 4. The van der Waals surface area contributed by atoms with E-state index < -0.39 is 16.4 Å². The molecule has 0 fully saturated rings. The van der Waals surface area contributed by atoms with Gasteiger partial charge in [0, 0.05) is 0 Å². The third-order valence-corrected chi connectivity index (χ3v) is 30.2. The molecule has 0 radical (unpaired) electrons. The Morgan fingerprint density at radius 2 is 1.00 bits per heavy atom. The van der Waals surface area contributed by atoms with Crippen LogP contribution in [0.25, 0.3) is 0 Å². The van der Waals surface area contributed by atoms with Gasteiger partial charge in [0.1, 0.15) is 0 Å². The number of halogens is 2. The van der Waals surface area contributed by atoms with Crippen LogP contribution in [0.2, 0.25) is 0 Å². The minimum atomic E-state index is -4.81. The predicted molar refractivity (Wildman–Crippen MR) is 115 cm³/mol. The van der Waals surface area contributed by atoms with Gasteiger partial charge in [0.25, 0.3) is 0 Å². The van der Waals surface area contributed by atoms with E-state index in [9.17, 15) is 0 Å². The standard InChI is InChI=1S/C8H9.2C7H7.Bi.2ClH/c1-7-4-3-5-8(2)6-7;2*1-7-5-3-2-4-6-7;;;/h3-4,6H,1-2H3;2*2-5H,1H3;;2*1H/q;;;+2;;/p-2. The van der Waals surface area contributed by atoms with Gasteiger partial charge >= 0.3 is 160 Å². The average molecular weight is 567 g/mol. The summed E-state index contributed by atoms with van der Waals surface area (Å²) in [5.74, 6) is 0. The van der Waals surface area contributed by atoms with Crippen molar-refractivity contribution >= 4 is 43.2 Å². The topological polar surface area (TPSA) is 0 Å². The molecule has 0 aliphatic heterocycles. The fourth-order valence-corrected chi connectivity index (χ4v) is 28.7. The summed E-state index contributed by atoms with van der Waals surface area (Å²) in [6, 6.07) is 23.1. The second-order valence-corrected chi connectivity index (χ2v) is 32.8. The minimum absolute atomic E-state index is 1.11. The second kappa shape index (κ2) is 6.69. The van der Waals surface area contributed by atoms with E-state index in [-0.39, 0.29) is 0 Å². The summed E-state index contributed by atoms with van der Waals surface area (Å²) in [7, 11) is 15.4. The van der Waals surface area contributed by atoms with Crippen LogP contribution >= 0.6 is 17.0 Å². The SMILES string of the molecule is Cc1cc[c]([Bi]([Cl])([Cl])([c]2ccccc2C)[c]2ccccc2C)c(C)c1. The Morgan fingerprint density at radius 3 is 1.44 bits per heavy atom. The summed E-state index contributed by atoms with van der Waals surface area (Å²) < 4.78 is 3.33. The molecule has 3 rings (SSSR count). The normalized spacial score (nSPS) is 13.3. The van der Waals surface area contributed by atoms with Gasteiger partial charge in [-0.2, -0.15) is 0 Å². The zero-order chi connectivity index (χ0) is 18.3. The molecule has 0 saturated carbocycles. The first kappa shape index (κ1) is 18.9. The summed E-state index contributed by atoms with van der Waals surface area (Å²) in [5, 5.41) is 0. The Bertz CT molecular complexity index is 895. The molecule has 0 aromatic heterocycles. The van der Waals surface area contributed by atoms with Crippen LogP contribution in [0.1, 0.15) is 22.3 Å². The van der Waals surface area contributed by atoms with Gasteiger partial charge in [-0.1, -0.05) is 0 Å². The quantitative estimate of drug-likeness (QED) is 0.399. The molecular formula is C22H23BiCl2. The van der Waals surface area contributed by atoms with Crippen molar-refractivity contribution in [2.45, 2.75) is 27.7 Å². The molecule has 0 bridgehead atoms. The Kier molecular flexibility index (Phi) is 5.06. The summed E-state index contributed by atoms with van der Waals surface area (Å²) in [6.07, 6.45) is 0. The van der Waals surface area contributed by atoms with E-state index in [1.807, 2.05) is 24.3 Å². The van der Waals surface area contributed by atoms with Crippen molar-refractivity contribution in [2.24, 2.45) is 0 Å². The van der Waals surface area contributed by atoms with Gasteiger partial charge in [-0.3, -0.25) is 0 Å². The van der Waals surface area contributed by atoms with Crippen molar-refractivity contribution in [3.8, 4) is 0 Å². The van der Waals surface area contributed by atoms with Crippen LogP contribution in [-0.2, 0) is 0 Å². The second-order valence-electron chi connectivity index (χ2n) is 6.77. The van der Waals surface area contributed by atoms with Crippen molar-refractivity contribution in [2.75, 3.05) is 0 Å². The number of hydrogen-bond donors (Lipinski definition) is 0. The summed E-state index contributed by atoms with van der Waals surface area (Å²) in [4.78, 5) is 0. The average Bonchev–Trinajstić information content (AvgIpc) is 2.55. The van der Waals surface area contributed by atoms with Crippen molar-refractivity contribution in [1.29, 1.82) is 0 Å². The first-order valence-electron chi connectivity index (χ1n) is 8.40. The van der Waals surface area contributed by atoms with Gasteiger partial charge in [-0.05, 0) is 0 Å². The molecule has 25 heavy (non-hydrogen) atoms. The van der Waals surface area contributed by atoms with Gasteiger partial charge in [0.05, 0.1) is 0 Å². The summed E-state index contributed by atoms with van der Waals surface area (Å²) >= 11 is -4.81. The van der Waals surface area contributed by atoms with Crippen LogP contribution < -0.4 is 9.81 Å². The van der Waals surface area contributed by atoms with Gasteiger partial charge in [-0.15, -0.1) is 0 Å². The Labute approximate surface area is 159 Å². The Hall–Kier alpha value is -0.877. The molecular weight excluding hydrogens is 544 g/mol. The monoisotopic (exact) mass is 566 g/mol. The van der Waals surface area contributed by atoms with Crippen LogP contribution in [-0.4, -0.2) is 16.4 Å². The van der Waals surface area contributed by atoms with Gasteiger partial charge in [0.2, 0.25) is 0 Å². The predicted octanol–water partition coefficient (Wildman–Crippen LogP) is 4.82. The molecule has 0 N–H and O–H groups in total. The van der Waals surface area contributed by atoms with E-state index in [4.69, 9.17) is 17.0 Å². The van der Waals surface area contributed by atoms with Gasteiger partial charge in [0.15, 0.2) is 0 Å². The Balaban J connectivity index is 2.49. The first-order valence-corrected chi connectivity index (χ1v) is 22.2. The molecule has 0 nitrogen and oxygen atoms in total. The van der Waals surface area contributed by atoms with E-state index in [1.54, 1.807) is 0 Å². The summed E-state index contributed by atoms with van der Waals surface area (Å²) in [6.45, 7) is 8.44. The van der Waals surface area contributed by atoms with Crippen LogP contribution in [0.4, 0.5) is 0 Å². The number of rotatable bonds is 3. The van der Waals surface area contributed by atoms with Crippen LogP contribution in [0.5, 0.6) is 0 Å². The molecule has 3 aromatic carbocycles. The van der Waals surface area contributed by atoms with E-state index in [2.05, 4.69) is 70.2 Å². The van der Waals surface area contributed by atoms with Crippen LogP contribution in [0.3, 0.4) is 0 Å². The first-order chi connectivity index (χ1) is 11.7. The molecule has 0 spiro atoms. The van der Waals surface area contributed by atoms with E-state index in [1.165, 1.54) is 11.1 Å². The third-order valence-electron chi connectivity index (χ3n) is 4.85. The molecule has 3 heteroatoms. The molecule has 130 valence electrons. The Morgan fingerprint density at radius 1 is 0.560 bits per heavy atom. The van der Waals surface area contributed by atoms with Crippen LogP contribution in [0.15, 0.2) is 66.7 Å². The van der Waals surface area contributed by atoms with Crippen molar-refractivity contribution < 1.29 is 0 Å². The number of benzene rings is 3. The van der Waals surface area contributed by atoms with Gasteiger partial charge < -0.3 is 0 Å². The van der Waals surface area contributed by atoms with E-state index in [0.29, 0.717) is 0 Å². The van der Waals surface area contributed by atoms with E-state index >= 15 is 0 Å². The fraction of sp³-hybridized carbons (Fsp3) is 0.182. The number of hydrogen-bond acceptors (Lipinski definition) is 0. The van der Waals surface area contributed by atoms with Crippen molar-refractivity contribution in [3.05, 3.63) is 89.0 Å². The maximum absolute atomic E-state index is 7.72. The molecule has 0 aliphatic carbocycles. The third kappa shape index (κ3) is 3.05. The van der Waals surface area contributed by atoms with Gasteiger partial charge in [-0.25, -0.2) is 0 Å². The van der Waals surface area contributed by atoms with E-state index in [0.717, 1.165) is 20.9 Å². The molecule has 3 aromatic rings. The molecule has 0 amide bonds. The van der Waals surface area contributed by atoms with Crippen molar-refractivity contribution in [1.82, 2.24) is 0 Å². The molecule has 0 unspecified atom stereocenters. The van der Waals surface area contributed by atoms with Crippen molar-refractivity contribution in [3.63, 3.8) is 0 Å². The molecule has 0 atom stereocenters. The fourth-order valence-electron chi connectivity index (χ4n) is 3.64. The maximum atomic E-state index is 7.72.